The average Bonchev–Trinajstić information content (AvgIpc) is 2.38. The van der Waals surface area contributed by atoms with Crippen molar-refractivity contribution in [2.24, 2.45) is 0 Å². The van der Waals surface area contributed by atoms with Gasteiger partial charge in [-0.1, -0.05) is 25.1 Å². The topological polar surface area (TPSA) is 42.4 Å². The number of nitrogens with zero attached hydrogens (tertiary/aromatic N) is 1. The van der Waals surface area contributed by atoms with Gasteiger partial charge in [0.15, 0.2) is 0 Å². The predicted molar refractivity (Wildman–Crippen MR) is 67.8 cm³/mol. The van der Waals surface area contributed by atoms with Crippen molar-refractivity contribution in [2.75, 3.05) is 13.2 Å². The summed E-state index contributed by atoms with van der Waals surface area (Å²) in [4.78, 5) is 4.27. The van der Waals surface area contributed by atoms with Crippen LogP contribution in [0.25, 0.3) is 10.9 Å². The number of aromatic nitrogens is 1. The Labute approximate surface area is 101 Å². The lowest BCUT2D eigenvalue weighted by Gasteiger charge is -2.13. The highest BCUT2D eigenvalue weighted by Crippen LogP contribution is 2.22. The van der Waals surface area contributed by atoms with Gasteiger partial charge in [-0.2, -0.15) is 0 Å². The smallest absolute Gasteiger partial charge is 0.103 e. The van der Waals surface area contributed by atoms with Gasteiger partial charge < -0.3 is 9.84 Å². The van der Waals surface area contributed by atoms with Gasteiger partial charge >= 0.3 is 0 Å². The fraction of sp³-hybridized carbons (Fsp3) is 0.357. The first-order valence-corrected chi connectivity index (χ1v) is 5.92. The normalized spacial score (nSPS) is 12.8. The van der Waals surface area contributed by atoms with Gasteiger partial charge in [0.25, 0.3) is 0 Å². The van der Waals surface area contributed by atoms with Gasteiger partial charge in [0.1, 0.15) is 6.10 Å². The molecule has 0 spiro atoms. The Morgan fingerprint density at radius 3 is 2.94 bits per heavy atom. The van der Waals surface area contributed by atoms with Crippen molar-refractivity contribution < 1.29 is 9.84 Å². The molecule has 0 saturated carbocycles. The molecular weight excluding hydrogens is 214 g/mol. The van der Waals surface area contributed by atoms with Crippen molar-refractivity contribution >= 4 is 10.9 Å². The minimum atomic E-state index is -0.588. The minimum absolute atomic E-state index is 0.335. The van der Waals surface area contributed by atoms with E-state index in [-0.39, 0.29) is 0 Å². The fourth-order valence-electron chi connectivity index (χ4n) is 1.84. The van der Waals surface area contributed by atoms with Crippen LogP contribution >= 0.6 is 0 Å². The number of hydrogen-bond donors (Lipinski definition) is 1. The largest absolute Gasteiger partial charge is 0.386 e. The van der Waals surface area contributed by atoms with Crippen LogP contribution in [0.2, 0.25) is 0 Å². The Hall–Kier alpha value is -1.45. The monoisotopic (exact) mass is 231 g/mol. The first kappa shape index (κ1) is 12.0. The van der Waals surface area contributed by atoms with Crippen LogP contribution in [-0.4, -0.2) is 23.3 Å². The Kier molecular flexibility index (Phi) is 4.07. The maximum Gasteiger partial charge on any atom is 0.103 e. The molecule has 0 saturated heterocycles. The van der Waals surface area contributed by atoms with Gasteiger partial charge in [0, 0.05) is 18.2 Å². The molecule has 0 aliphatic rings. The molecule has 0 bridgehead atoms. The maximum atomic E-state index is 10.1. The lowest BCUT2D eigenvalue weighted by Crippen LogP contribution is -2.08. The van der Waals surface area contributed by atoms with E-state index in [2.05, 4.69) is 4.98 Å². The Morgan fingerprint density at radius 1 is 1.29 bits per heavy atom. The lowest BCUT2D eigenvalue weighted by atomic mass is 10.0. The molecule has 1 heterocycles. The van der Waals surface area contributed by atoms with Gasteiger partial charge in [-0.15, -0.1) is 0 Å². The third-order valence-corrected chi connectivity index (χ3v) is 2.67. The summed E-state index contributed by atoms with van der Waals surface area (Å²) in [5, 5.41) is 11.1. The third kappa shape index (κ3) is 2.81. The van der Waals surface area contributed by atoms with E-state index in [1.165, 1.54) is 0 Å². The summed E-state index contributed by atoms with van der Waals surface area (Å²) in [5.74, 6) is 0. The van der Waals surface area contributed by atoms with Crippen molar-refractivity contribution in [1.29, 1.82) is 0 Å². The Balaban J connectivity index is 2.22. The fourth-order valence-corrected chi connectivity index (χ4v) is 1.84. The summed E-state index contributed by atoms with van der Waals surface area (Å²) in [6.07, 6.45) is 2.10. The first-order chi connectivity index (χ1) is 8.33. The molecule has 17 heavy (non-hydrogen) atoms. The van der Waals surface area contributed by atoms with E-state index in [0.717, 1.165) is 22.9 Å². The van der Waals surface area contributed by atoms with Crippen molar-refractivity contribution in [3.8, 4) is 0 Å². The number of rotatable bonds is 5. The van der Waals surface area contributed by atoms with Crippen LogP contribution in [0, 0.1) is 0 Å². The summed E-state index contributed by atoms with van der Waals surface area (Å²) in [6.45, 7) is 3.07. The Morgan fingerprint density at radius 2 is 2.12 bits per heavy atom. The van der Waals surface area contributed by atoms with E-state index >= 15 is 0 Å². The van der Waals surface area contributed by atoms with Crippen molar-refractivity contribution in [3.63, 3.8) is 0 Å². The molecule has 1 aromatic heterocycles. The van der Waals surface area contributed by atoms with Gasteiger partial charge in [-0.3, -0.25) is 4.98 Å². The summed E-state index contributed by atoms with van der Waals surface area (Å²) >= 11 is 0. The van der Waals surface area contributed by atoms with Gasteiger partial charge in [0.05, 0.1) is 12.1 Å². The van der Waals surface area contributed by atoms with E-state index < -0.39 is 6.10 Å². The second-order valence-electron chi connectivity index (χ2n) is 4.01. The summed E-state index contributed by atoms with van der Waals surface area (Å²) < 4.78 is 5.38. The molecule has 1 aromatic carbocycles. The second kappa shape index (κ2) is 5.75. The number of hydrogen-bond acceptors (Lipinski definition) is 3. The van der Waals surface area contributed by atoms with E-state index in [1.807, 2.05) is 37.3 Å². The molecule has 0 amide bonds. The number of para-hydroxylation sites is 1. The number of pyridine rings is 1. The highest BCUT2D eigenvalue weighted by molar-refractivity contribution is 5.82. The molecule has 2 rings (SSSR count). The molecule has 90 valence electrons. The van der Waals surface area contributed by atoms with Crippen molar-refractivity contribution in [3.05, 3.63) is 42.1 Å². The summed E-state index contributed by atoms with van der Waals surface area (Å²) in [7, 11) is 0. The predicted octanol–water partition coefficient (Wildman–Crippen LogP) is 2.69. The van der Waals surface area contributed by atoms with E-state index in [4.69, 9.17) is 4.74 Å². The number of fused-ring (bicyclic) bond motifs is 1. The standard InChI is InChI=1S/C14H17NO2/c1-2-9-17-10-14(16)12-7-8-15-13-6-4-3-5-11(12)13/h3-8,14,16H,2,9-10H2,1H3. The highest BCUT2D eigenvalue weighted by Gasteiger charge is 2.11. The van der Waals surface area contributed by atoms with Crippen molar-refractivity contribution in [1.82, 2.24) is 4.98 Å². The van der Waals surface area contributed by atoms with Crippen LogP contribution < -0.4 is 0 Å². The van der Waals surface area contributed by atoms with Crippen LogP contribution in [0.15, 0.2) is 36.5 Å². The van der Waals surface area contributed by atoms with Crippen LogP contribution in [-0.2, 0) is 4.74 Å². The van der Waals surface area contributed by atoms with Crippen LogP contribution in [0.5, 0.6) is 0 Å². The maximum absolute atomic E-state index is 10.1. The first-order valence-electron chi connectivity index (χ1n) is 5.92. The van der Waals surface area contributed by atoms with Crippen LogP contribution in [0.3, 0.4) is 0 Å². The molecule has 0 radical (unpaired) electrons. The second-order valence-corrected chi connectivity index (χ2v) is 4.01. The molecule has 0 aliphatic heterocycles. The molecule has 3 nitrogen and oxygen atoms in total. The highest BCUT2D eigenvalue weighted by atomic mass is 16.5. The van der Waals surface area contributed by atoms with Gasteiger partial charge in [0.2, 0.25) is 0 Å². The zero-order valence-corrected chi connectivity index (χ0v) is 9.97. The van der Waals surface area contributed by atoms with Gasteiger partial charge in [-0.05, 0) is 24.1 Å². The molecule has 2 aromatic rings. The van der Waals surface area contributed by atoms with E-state index in [9.17, 15) is 5.11 Å². The number of benzene rings is 1. The zero-order valence-electron chi connectivity index (χ0n) is 9.97. The number of aliphatic hydroxyl groups is 1. The molecule has 1 unspecified atom stereocenters. The number of ether oxygens (including phenoxy) is 1. The Bertz CT molecular complexity index is 479. The number of aliphatic hydroxyl groups excluding tert-OH is 1. The lowest BCUT2D eigenvalue weighted by molar-refractivity contribution is 0.0371. The molecule has 1 N–H and O–H groups in total. The quantitative estimate of drug-likeness (QED) is 0.804. The zero-order chi connectivity index (χ0) is 12.1. The summed E-state index contributed by atoms with van der Waals surface area (Å²) in [6, 6.07) is 9.66. The summed E-state index contributed by atoms with van der Waals surface area (Å²) in [5.41, 5.74) is 1.78. The van der Waals surface area contributed by atoms with E-state index in [0.29, 0.717) is 13.2 Å². The average molecular weight is 231 g/mol. The molecule has 0 fully saturated rings. The van der Waals surface area contributed by atoms with Gasteiger partial charge in [-0.25, -0.2) is 0 Å². The van der Waals surface area contributed by atoms with E-state index in [1.54, 1.807) is 6.20 Å². The third-order valence-electron chi connectivity index (χ3n) is 2.67. The van der Waals surface area contributed by atoms with Crippen LogP contribution in [0.4, 0.5) is 0 Å². The molecule has 3 heteroatoms. The molecule has 0 aliphatic carbocycles. The SMILES string of the molecule is CCCOCC(O)c1ccnc2ccccc12. The molecular formula is C14H17NO2. The van der Waals surface area contributed by atoms with Crippen LogP contribution in [0.1, 0.15) is 25.0 Å². The van der Waals surface area contributed by atoms with Crippen molar-refractivity contribution in [2.45, 2.75) is 19.4 Å². The minimum Gasteiger partial charge on any atom is -0.386 e. The molecule has 1 atom stereocenters.